The first-order valence-corrected chi connectivity index (χ1v) is 8.35. The van der Waals surface area contributed by atoms with E-state index in [9.17, 15) is 14.4 Å². The topological polar surface area (TPSA) is 76.3 Å². The fourth-order valence-electron chi connectivity index (χ4n) is 3.14. The van der Waals surface area contributed by atoms with Crippen molar-refractivity contribution >= 4 is 11.6 Å². The van der Waals surface area contributed by atoms with Crippen molar-refractivity contribution in [2.75, 3.05) is 18.0 Å². The lowest BCUT2D eigenvalue weighted by molar-refractivity contribution is -0.121. The zero-order chi connectivity index (χ0) is 18.0. The van der Waals surface area contributed by atoms with Gasteiger partial charge in [0.15, 0.2) is 0 Å². The molecule has 25 heavy (non-hydrogen) atoms. The third-order valence-corrected chi connectivity index (χ3v) is 4.62. The summed E-state index contributed by atoms with van der Waals surface area (Å²) in [6.07, 6.45) is 2.37. The first-order valence-electron chi connectivity index (χ1n) is 8.35. The molecule has 7 nitrogen and oxygen atoms in total. The molecular weight excluding hydrogens is 320 g/mol. The van der Waals surface area contributed by atoms with Gasteiger partial charge in [0, 0.05) is 44.1 Å². The number of carbonyl (C=O) groups excluding carboxylic acids is 1. The van der Waals surface area contributed by atoms with E-state index >= 15 is 0 Å². The quantitative estimate of drug-likeness (QED) is 0.837. The summed E-state index contributed by atoms with van der Waals surface area (Å²) < 4.78 is 2.21. The van der Waals surface area contributed by atoms with Crippen LogP contribution in [0.4, 0.5) is 5.69 Å². The smallest absolute Gasteiger partial charge is 0.331 e. The number of anilines is 1. The van der Waals surface area contributed by atoms with Crippen LogP contribution < -0.4 is 21.5 Å². The second-order valence-electron chi connectivity index (χ2n) is 6.35. The molecule has 1 aliphatic heterocycles. The largest absolute Gasteiger partial charge is 0.366 e. The van der Waals surface area contributed by atoms with Crippen molar-refractivity contribution in [3.8, 4) is 0 Å². The average Bonchev–Trinajstić information content (AvgIpc) is 3.04. The zero-order valence-electron chi connectivity index (χ0n) is 14.4. The van der Waals surface area contributed by atoms with E-state index in [1.807, 2.05) is 12.1 Å². The van der Waals surface area contributed by atoms with Crippen molar-refractivity contribution in [3.63, 3.8) is 0 Å². The first-order chi connectivity index (χ1) is 12.0. The molecule has 1 amide bonds. The van der Waals surface area contributed by atoms with Crippen molar-refractivity contribution in [2.45, 2.75) is 25.9 Å². The van der Waals surface area contributed by atoms with E-state index in [4.69, 9.17) is 0 Å². The maximum atomic E-state index is 12.1. The molecule has 0 spiro atoms. The van der Waals surface area contributed by atoms with E-state index in [1.165, 1.54) is 35.1 Å². The second-order valence-corrected chi connectivity index (χ2v) is 6.35. The number of hydrogen-bond acceptors (Lipinski definition) is 4. The molecule has 1 aromatic carbocycles. The van der Waals surface area contributed by atoms with Crippen LogP contribution in [0, 0.1) is 0 Å². The maximum absolute atomic E-state index is 12.1. The van der Waals surface area contributed by atoms with E-state index in [2.05, 4.69) is 29.3 Å². The number of aromatic nitrogens is 2. The molecule has 0 radical (unpaired) electrons. The maximum Gasteiger partial charge on any atom is 0.331 e. The van der Waals surface area contributed by atoms with Gasteiger partial charge >= 0.3 is 5.69 Å². The van der Waals surface area contributed by atoms with Crippen LogP contribution in [0.1, 0.15) is 12.5 Å². The molecule has 2 heterocycles. The minimum Gasteiger partial charge on any atom is -0.366 e. The van der Waals surface area contributed by atoms with Gasteiger partial charge in [0.25, 0.3) is 5.56 Å². The fourth-order valence-corrected chi connectivity index (χ4v) is 3.14. The van der Waals surface area contributed by atoms with Crippen molar-refractivity contribution in [3.05, 3.63) is 62.9 Å². The SMILES string of the molecule is C[C@H](CNC(=O)Cn1ccc(=O)n(C)c1=O)N1CCc2ccccc21. The van der Waals surface area contributed by atoms with Gasteiger partial charge in [-0.2, -0.15) is 0 Å². The number of benzene rings is 1. The molecule has 0 saturated carbocycles. The molecule has 7 heteroatoms. The van der Waals surface area contributed by atoms with Gasteiger partial charge in [0.2, 0.25) is 5.91 Å². The van der Waals surface area contributed by atoms with Gasteiger partial charge in [-0.05, 0) is 25.0 Å². The Balaban J connectivity index is 1.59. The first kappa shape index (κ1) is 17.0. The minimum atomic E-state index is -0.496. The van der Waals surface area contributed by atoms with E-state index in [1.54, 1.807) is 0 Å². The Morgan fingerprint density at radius 1 is 1.24 bits per heavy atom. The van der Waals surface area contributed by atoms with Crippen LogP contribution in [0.5, 0.6) is 0 Å². The monoisotopic (exact) mass is 342 g/mol. The number of amides is 1. The minimum absolute atomic E-state index is 0.101. The summed E-state index contributed by atoms with van der Waals surface area (Å²) in [5, 5.41) is 2.87. The van der Waals surface area contributed by atoms with Crippen LogP contribution in [0.25, 0.3) is 0 Å². The van der Waals surface area contributed by atoms with Gasteiger partial charge in [-0.1, -0.05) is 18.2 Å². The third-order valence-electron chi connectivity index (χ3n) is 4.62. The van der Waals surface area contributed by atoms with Crippen molar-refractivity contribution in [2.24, 2.45) is 7.05 Å². The van der Waals surface area contributed by atoms with E-state index in [0.717, 1.165) is 17.5 Å². The van der Waals surface area contributed by atoms with Gasteiger partial charge in [-0.25, -0.2) is 4.79 Å². The van der Waals surface area contributed by atoms with Crippen LogP contribution in [0.2, 0.25) is 0 Å². The summed E-state index contributed by atoms with van der Waals surface area (Å²) in [5.41, 5.74) is 1.67. The van der Waals surface area contributed by atoms with Gasteiger partial charge in [0.1, 0.15) is 6.54 Å². The Kier molecular flexibility index (Phi) is 4.74. The van der Waals surface area contributed by atoms with Crippen molar-refractivity contribution < 1.29 is 4.79 Å². The fraction of sp³-hybridized carbons (Fsp3) is 0.389. The number of rotatable bonds is 5. The normalized spacial score (nSPS) is 14.2. The highest BCUT2D eigenvalue weighted by atomic mass is 16.2. The van der Waals surface area contributed by atoms with Crippen LogP contribution in [-0.4, -0.2) is 34.2 Å². The Bertz CT molecular complexity index is 900. The molecule has 1 aromatic heterocycles. The predicted molar refractivity (Wildman–Crippen MR) is 95.9 cm³/mol. The summed E-state index contributed by atoms with van der Waals surface area (Å²) in [6, 6.07) is 9.73. The molecule has 1 atom stereocenters. The van der Waals surface area contributed by atoms with Crippen LogP contribution in [-0.2, 0) is 24.8 Å². The number of hydrogen-bond donors (Lipinski definition) is 1. The van der Waals surface area contributed by atoms with Crippen LogP contribution >= 0.6 is 0 Å². The Morgan fingerprint density at radius 3 is 2.80 bits per heavy atom. The molecule has 1 N–H and O–H groups in total. The lowest BCUT2D eigenvalue weighted by Crippen LogP contribution is -2.44. The molecule has 0 bridgehead atoms. The molecule has 1 aliphatic rings. The molecule has 0 fully saturated rings. The Hall–Kier alpha value is -2.83. The number of nitrogens with one attached hydrogen (secondary N) is 1. The van der Waals surface area contributed by atoms with E-state index < -0.39 is 5.69 Å². The molecule has 0 aliphatic carbocycles. The molecular formula is C18H22N4O3. The molecule has 2 aromatic rings. The van der Waals surface area contributed by atoms with Crippen LogP contribution in [0.15, 0.2) is 46.1 Å². The number of para-hydroxylation sites is 1. The zero-order valence-corrected chi connectivity index (χ0v) is 14.4. The van der Waals surface area contributed by atoms with Gasteiger partial charge in [-0.3, -0.25) is 18.7 Å². The lowest BCUT2D eigenvalue weighted by Gasteiger charge is -2.27. The number of nitrogens with zero attached hydrogens (tertiary/aromatic N) is 3. The Labute approximate surface area is 145 Å². The second kappa shape index (κ2) is 6.96. The average molecular weight is 342 g/mol. The third kappa shape index (κ3) is 3.50. The summed E-state index contributed by atoms with van der Waals surface area (Å²) in [5.74, 6) is -0.250. The summed E-state index contributed by atoms with van der Waals surface area (Å²) >= 11 is 0. The van der Waals surface area contributed by atoms with Crippen molar-refractivity contribution in [1.82, 2.24) is 14.5 Å². The summed E-state index contributed by atoms with van der Waals surface area (Å²) in [7, 11) is 1.39. The van der Waals surface area contributed by atoms with Crippen molar-refractivity contribution in [1.29, 1.82) is 0 Å². The summed E-state index contributed by atoms with van der Waals surface area (Å²) in [6.45, 7) is 3.40. The highest BCUT2D eigenvalue weighted by molar-refractivity contribution is 5.75. The number of fused-ring (bicyclic) bond motifs is 1. The summed E-state index contributed by atoms with van der Waals surface area (Å²) in [4.78, 5) is 37.8. The highest BCUT2D eigenvalue weighted by Gasteiger charge is 2.23. The van der Waals surface area contributed by atoms with Crippen LogP contribution in [0.3, 0.4) is 0 Å². The Morgan fingerprint density at radius 2 is 2.00 bits per heavy atom. The standard InChI is InChI=1S/C18H22N4O3/c1-13(22-10-7-14-5-3-4-6-15(14)22)11-19-16(23)12-21-9-8-17(24)20(2)18(21)25/h3-6,8-9,13H,7,10-12H2,1-2H3,(H,19,23)/t13-/m1/s1. The molecule has 0 unspecified atom stereocenters. The van der Waals surface area contributed by atoms with E-state index in [-0.39, 0.29) is 24.1 Å². The highest BCUT2D eigenvalue weighted by Crippen LogP contribution is 2.28. The van der Waals surface area contributed by atoms with Gasteiger partial charge in [-0.15, -0.1) is 0 Å². The predicted octanol–water partition coefficient (Wildman–Crippen LogP) is 0.114. The van der Waals surface area contributed by atoms with E-state index in [0.29, 0.717) is 6.54 Å². The molecule has 0 saturated heterocycles. The number of carbonyl (C=O) groups is 1. The van der Waals surface area contributed by atoms with Gasteiger partial charge < -0.3 is 10.2 Å². The van der Waals surface area contributed by atoms with Gasteiger partial charge in [0.05, 0.1) is 0 Å². The molecule has 3 rings (SSSR count). The molecule has 132 valence electrons. The lowest BCUT2D eigenvalue weighted by atomic mass is 10.2.